The molecule has 0 radical (unpaired) electrons. The van der Waals surface area contributed by atoms with Crippen molar-refractivity contribution in [1.82, 2.24) is 10.2 Å². The van der Waals surface area contributed by atoms with Crippen LogP contribution in [0, 0.1) is 12.5 Å². The largest absolute Gasteiger partial charge is 0.508 e. The van der Waals surface area contributed by atoms with Crippen LogP contribution in [0.3, 0.4) is 0 Å². The van der Waals surface area contributed by atoms with Gasteiger partial charge in [0.1, 0.15) is 23.1 Å². The van der Waals surface area contributed by atoms with Crippen LogP contribution in [0.2, 0.25) is 0 Å². The zero-order valence-corrected chi connectivity index (χ0v) is 21.7. The first-order chi connectivity index (χ1) is 17.9. The molecule has 0 bridgehead atoms. The van der Waals surface area contributed by atoms with Crippen LogP contribution in [0.15, 0.2) is 48.5 Å². The molecule has 0 saturated carbocycles. The number of amides is 4. The number of methoxy groups -OCH3 is 1. The maximum absolute atomic E-state index is 13.6. The molecule has 11 nitrogen and oxygen atoms in total. The molecule has 0 aliphatic heterocycles. The van der Waals surface area contributed by atoms with Crippen LogP contribution in [0.25, 0.3) is 0 Å². The Morgan fingerprint density at radius 1 is 1.11 bits per heavy atom. The van der Waals surface area contributed by atoms with E-state index >= 15 is 0 Å². The number of hydrogen-bond acceptors (Lipinski definition) is 7. The smallest absolute Gasteiger partial charge is 0.408 e. The number of hydrogen-bond donors (Lipinski definition) is 4. The number of nitrogens with two attached hydrogens (primary N) is 1. The minimum Gasteiger partial charge on any atom is -0.508 e. The molecule has 2 unspecified atom stereocenters. The SMILES string of the molecule is C#CN(C(=O)C(CCC(N)=O)NC(=O)OC(C)(C)C)C(C(=O)Nc1ccc(OC)cc1)c1ccccc1O. The highest BCUT2D eigenvalue weighted by Crippen LogP contribution is 2.30. The van der Waals surface area contributed by atoms with E-state index in [0.29, 0.717) is 11.4 Å². The number of nitrogens with one attached hydrogen (secondary N) is 2. The van der Waals surface area contributed by atoms with Crippen molar-refractivity contribution in [3.05, 3.63) is 54.1 Å². The number of primary amides is 1. The first-order valence-electron chi connectivity index (χ1n) is 11.7. The summed E-state index contributed by atoms with van der Waals surface area (Å²) in [5, 5.41) is 15.6. The number of benzene rings is 2. The Hall–Kier alpha value is -4.72. The van der Waals surface area contributed by atoms with E-state index in [9.17, 15) is 24.3 Å². The molecule has 0 aliphatic rings. The molecule has 0 saturated heterocycles. The Morgan fingerprint density at radius 2 is 1.74 bits per heavy atom. The number of nitrogens with zero attached hydrogens (tertiary/aromatic N) is 1. The first kappa shape index (κ1) is 29.5. The molecule has 11 heteroatoms. The van der Waals surface area contributed by atoms with Gasteiger partial charge in [0.15, 0.2) is 6.04 Å². The normalized spacial score (nSPS) is 12.3. The zero-order chi connectivity index (χ0) is 28.5. The monoisotopic (exact) mass is 524 g/mol. The number of terminal acetylenes is 1. The third-order valence-electron chi connectivity index (χ3n) is 5.14. The van der Waals surface area contributed by atoms with E-state index in [2.05, 4.69) is 16.7 Å². The second-order valence-electron chi connectivity index (χ2n) is 9.22. The fourth-order valence-electron chi connectivity index (χ4n) is 3.43. The van der Waals surface area contributed by atoms with Gasteiger partial charge in [0.2, 0.25) is 5.91 Å². The molecule has 202 valence electrons. The number of para-hydroxylation sites is 1. The summed E-state index contributed by atoms with van der Waals surface area (Å²) in [6.45, 7) is 4.91. The quantitative estimate of drug-likeness (QED) is 0.274. The summed E-state index contributed by atoms with van der Waals surface area (Å²) >= 11 is 0. The van der Waals surface area contributed by atoms with E-state index in [1.54, 1.807) is 57.2 Å². The van der Waals surface area contributed by atoms with E-state index < -0.39 is 41.5 Å². The minimum absolute atomic E-state index is 0.0377. The molecule has 0 fully saturated rings. The summed E-state index contributed by atoms with van der Waals surface area (Å²) in [5.41, 5.74) is 4.79. The average Bonchev–Trinajstić information content (AvgIpc) is 2.84. The number of phenols is 1. The van der Waals surface area contributed by atoms with Gasteiger partial charge in [0, 0.05) is 23.7 Å². The van der Waals surface area contributed by atoms with Crippen LogP contribution in [-0.2, 0) is 19.1 Å². The van der Waals surface area contributed by atoms with Crippen molar-refractivity contribution in [2.45, 2.75) is 51.3 Å². The summed E-state index contributed by atoms with van der Waals surface area (Å²) < 4.78 is 10.3. The molecule has 2 aromatic rings. The second kappa shape index (κ2) is 13.0. The number of carbonyl (C=O) groups excluding carboxylic acids is 4. The van der Waals surface area contributed by atoms with Gasteiger partial charge in [-0.05, 0) is 57.5 Å². The summed E-state index contributed by atoms with van der Waals surface area (Å²) in [7, 11) is 1.50. The van der Waals surface area contributed by atoms with Gasteiger partial charge in [-0.2, -0.15) is 0 Å². The number of alkyl carbamates (subject to hydrolysis) is 1. The molecule has 38 heavy (non-hydrogen) atoms. The van der Waals surface area contributed by atoms with Crippen molar-refractivity contribution in [2.24, 2.45) is 5.73 Å². The van der Waals surface area contributed by atoms with Crippen molar-refractivity contribution >= 4 is 29.5 Å². The van der Waals surface area contributed by atoms with E-state index in [1.807, 2.05) is 0 Å². The lowest BCUT2D eigenvalue weighted by atomic mass is 10.0. The van der Waals surface area contributed by atoms with Gasteiger partial charge in [0.25, 0.3) is 11.8 Å². The molecule has 0 heterocycles. The van der Waals surface area contributed by atoms with Gasteiger partial charge < -0.3 is 30.9 Å². The topological polar surface area (TPSA) is 160 Å². The van der Waals surface area contributed by atoms with Crippen molar-refractivity contribution in [3.8, 4) is 24.0 Å². The Balaban J connectivity index is 2.46. The summed E-state index contributed by atoms with van der Waals surface area (Å²) in [6.07, 6.45) is 4.30. The van der Waals surface area contributed by atoms with Crippen LogP contribution in [0.4, 0.5) is 10.5 Å². The third kappa shape index (κ3) is 8.44. The maximum atomic E-state index is 13.6. The summed E-state index contributed by atoms with van der Waals surface area (Å²) in [6, 6.07) is 11.6. The molecule has 0 aromatic heterocycles. The van der Waals surface area contributed by atoms with Crippen LogP contribution in [0.1, 0.15) is 45.2 Å². The predicted molar refractivity (Wildman–Crippen MR) is 140 cm³/mol. The molecular weight excluding hydrogens is 492 g/mol. The Bertz CT molecular complexity index is 1200. The molecular formula is C27H32N4O7. The van der Waals surface area contributed by atoms with Crippen LogP contribution >= 0.6 is 0 Å². The van der Waals surface area contributed by atoms with Gasteiger partial charge >= 0.3 is 6.09 Å². The van der Waals surface area contributed by atoms with Gasteiger partial charge in [0.05, 0.1) is 7.11 Å². The number of carbonyl (C=O) groups is 4. The van der Waals surface area contributed by atoms with Crippen LogP contribution < -0.4 is 21.1 Å². The molecule has 2 atom stereocenters. The van der Waals surface area contributed by atoms with E-state index in [4.69, 9.17) is 21.6 Å². The number of phenolic OH excluding ortho intramolecular Hbond substituents is 1. The second-order valence-corrected chi connectivity index (χ2v) is 9.22. The summed E-state index contributed by atoms with van der Waals surface area (Å²) in [5.74, 6) is -2.07. The van der Waals surface area contributed by atoms with E-state index in [1.165, 1.54) is 19.2 Å². The standard InChI is InChI=1S/C27H32N4O7/c1-6-31(25(35)20(15-16-22(28)33)30-26(36)38-27(2,3)4)23(19-9-7-8-10-21(19)32)24(34)29-17-11-13-18(37-5)14-12-17/h1,7-14,20,23,32H,15-16H2,2-5H3,(H2,28,33)(H,29,34)(H,30,36). The number of aromatic hydroxyl groups is 1. The van der Waals surface area contributed by atoms with Crippen LogP contribution in [0.5, 0.6) is 11.5 Å². The Morgan fingerprint density at radius 3 is 2.26 bits per heavy atom. The molecule has 5 N–H and O–H groups in total. The summed E-state index contributed by atoms with van der Waals surface area (Å²) in [4.78, 5) is 51.8. The van der Waals surface area contributed by atoms with E-state index in [-0.39, 0.29) is 24.2 Å². The first-order valence-corrected chi connectivity index (χ1v) is 11.7. The van der Waals surface area contributed by atoms with Gasteiger partial charge in [-0.25, -0.2) is 4.79 Å². The molecule has 0 aliphatic carbocycles. The molecule has 2 rings (SSSR count). The fourth-order valence-corrected chi connectivity index (χ4v) is 3.43. The van der Waals surface area contributed by atoms with E-state index in [0.717, 1.165) is 4.90 Å². The average molecular weight is 525 g/mol. The minimum atomic E-state index is -1.51. The Kier molecular flexibility index (Phi) is 10.1. The van der Waals surface area contributed by atoms with Crippen molar-refractivity contribution < 1.29 is 33.8 Å². The van der Waals surface area contributed by atoms with Crippen molar-refractivity contribution in [2.75, 3.05) is 12.4 Å². The van der Waals surface area contributed by atoms with Crippen LogP contribution in [-0.4, -0.2) is 52.6 Å². The molecule has 4 amide bonds. The highest BCUT2D eigenvalue weighted by molar-refractivity contribution is 6.00. The lowest BCUT2D eigenvalue weighted by Crippen LogP contribution is -2.51. The third-order valence-corrected chi connectivity index (χ3v) is 5.14. The number of ether oxygens (including phenoxy) is 2. The van der Waals surface area contributed by atoms with Gasteiger partial charge in [-0.3, -0.25) is 19.3 Å². The Labute approximate surface area is 221 Å². The highest BCUT2D eigenvalue weighted by Gasteiger charge is 2.37. The lowest BCUT2D eigenvalue weighted by Gasteiger charge is -2.30. The lowest BCUT2D eigenvalue weighted by molar-refractivity contribution is -0.137. The molecule has 0 spiro atoms. The predicted octanol–water partition coefficient (Wildman–Crippen LogP) is 2.66. The highest BCUT2D eigenvalue weighted by atomic mass is 16.6. The van der Waals surface area contributed by atoms with Crippen molar-refractivity contribution in [1.29, 1.82) is 0 Å². The van der Waals surface area contributed by atoms with Crippen molar-refractivity contribution in [3.63, 3.8) is 0 Å². The van der Waals surface area contributed by atoms with Gasteiger partial charge in [-0.15, -0.1) is 0 Å². The molecule has 2 aromatic carbocycles. The van der Waals surface area contributed by atoms with Gasteiger partial charge in [-0.1, -0.05) is 24.6 Å². The maximum Gasteiger partial charge on any atom is 0.408 e. The number of rotatable bonds is 10. The number of anilines is 1. The zero-order valence-electron chi connectivity index (χ0n) is 21.7. The fraction of sp³-hybridized carbons (Fsp3) is 0.333.